The smallest absolute Gasteiger partial charge is 0.335 e. The number of hydrogen-bond acceptors (Lipinski definition) is 3. The van der Waals surface area contributed by atoms with Crippen LogP contribution in [0, 0.1) is 0 Å². The zero-order valence-electron chi connectivity index (χ0n) is 19.3. The third-order valence-corrected chi connectivity index (χ3v) is 6.58. The van der Waals surface area contributed by atoms with Crippen LogP contribution < -0.4 is 5.56 Å². The molecule has 4 rings (SSSR count). The molecule has 1 aliphatic heterocycles. The molecule has 2 aliphatic rings. The van der Waals surface area contributed by atoms with E-state index in [0.29, 0.717) is 23.9 Å². The Hall–Kier alpha value is -2.11. The highest BCUT2D eigenvalue weighted by atomic mass is 35.5. The number of carboxylic acid groups (broad SMARTS) is 1. The van der Waals surface area contributed by atoms with E-state index in [4.69, 9.17) is 16.7 Å². The number of hydrogen-bond donors (Lipinski definition) is 1. The van der Waals surface area contributed by atoms with Gasteiger partial charge in [0.25, 0.3) is 5.56 Å². The second kappa shape index (κ2) is 11.7. The van der Waals surface area contributed by atoms with Gasteiger partial charge in [0.15, 0.2) is 0 Å². The van der Waals surface area contributed by atoms with Gasteiger partial charge in [-0.3, -0.25) is 9.69 Å². The highest BCUT2D eigenvalue weighted by Gasteiger charge is 2.30. The van der Waals surface area contributed by atoms with Crippen molar-refractivity contribution in [3.05, 3.63) is 68.1 Å². The van der Waals surface area contributed by atoms with Crippen molar-refractivity contribution < 1.29 is 9.90 Å². The molecular weight excluding hydrogens is 424 g/mol. The molecule has 5 nitrogen and oxygen atoms in total. The number of rotatable bonds is 8. The van der Waals surface area contributed by atoms with Crippen LogP contribution in [0.5, 0.6) is 0 Å². The molecule has 1 aromatic heterocycles. The molecule has 1 aromatic carbocycles. The molecule has 0 amide bonds. The summed E-state index contributed by atoms with van der Waals surface area (Å²) in [7, 11) is 0. The maximum absolute atomic E-state index is 12.9. The first kappa shape index (κ1) is 24.5. The average Bonchev–Trinajstić information content (AvgIpc) is 3.52. The lowest BCUT2D eigenvalue weighted by Gasteiger charge is -2.22. The van der Waals surface area contributed by atoms with Gasteiger partial charge in [-0.15, -0.1) is 0 Å². The molecule has 0 spiro atoms. The maximum Gasteiger partial charge on any atom is 0.335 e. The Kier molecular flexibility index (Phi) is 8.94. The van der Waals surface area contributed by atoms with Gasteiger partial charge >= 0.3 is 5.97 Å². The molecule has 0 bridgehead atoms. The molecule has 1 saturated carbocycles. The number of nitrogens with zero attached hydrogens (tertiary/aromatic N) is 2. The summed E-state index contributed by atoms with van der Waals surface area (Å²) in [6, 6.07) is 8.76. The topological polar surface area (TPSA) is 62.5 Å². The summed E-state index contributed by atoms with van der Waals surface area (Å²) in [4.78, 5) is 26.3. The van der Waals surface area contributed by atoms with Gasteiger partial charge in [0.1, 0.15) is 5.02 Å². The fourth-order valence-corrected chi connectivity index (χ4v) is 4.28. The standard InChI is InChI=1S/C22H25ClN2O3.C4H10/c23-19-13-18(16-7-8-16)20(14-24-10-1-2-11-24)25(21(19)26)12-9-15-3-5-17(6-4-15)22(27)28;1-3-4-2/h3-6,13,16H,1-2,7-12,14H2,(H,27,28);3-4H2,1-2H3. The Morgan fingerprint density at radius 2 is 1.72 bits per heavy atom. The predicted octanol–water partition coefficient (Wildman–Crippen LogP) is 5.72. The van der Waals surface area contributed by atoms with E-state index < -0.39 is 5.97 Å². The lowest BCUT2D eigenvalue weighted by molar-refractivity contribution is 0.0697. The van der Waals surface area contributed by atoms with Crippen LogP contribution in [0.15, 0.2) is 35.1 Å². The largest absolute Gasteiger partial charge is 0.478 e. The van der Waals surface area contributed by atoms with Crippen molar-refractivity contribution in [1.29, 1.82) is 0 Å². The van der Waals surface area contributed by atoms with E-state index in [1.807, 2.05) is 22.8 Å². The Morgan fingerprint density at radius 1 is 1.09 bits per heavy atom. The molecule has 0 radical (unpaired) electrons. The second-order valence-corrected chi connectivity index (χ2v) is 9.27. The van der Waals surface area contributed by atoms with E-state index in [9.17, 15) is 9.59 Å². The number of carboxylic acids is 1. The van der Waals surface area contributed by atoms with Crippen molar-refractivity contribution in [2.24, 2.45) is 0 Å². The van der Waals surface area contributed by atoms with E-state index in [1.54, 1.807) is 12.1 Å². The number of likely N-dealkylation sites (tertiary alicyclic amines) is 1. The summed E-state index contributed by atoms with van der Waals surface area (Å²) < 4.78 is 1.86. The van der Waals surface area contributed by atoms with E-state index in [2.05, 4.69) is 18.7 Å². The number of aryl methyl sites for hydroxylation is 1. The van der Waals surface area contributed by atoms with Gasteiger partial charge in [0, 0.05) is 18.8 Å². The summed E-state index contributed by atoms with van der Waals surface area (Å²) in [6.07, 6.45) is 8.06. The van der Waals surface area contributed by atoms with Crippen LogP contribution in [-0.2, 0) is 19.5 Å². The molecule has 32 heavy (non-hydrogen) atoms. The molecule has 1 saturated heterocycles. The lowest BCUT2D eigenvalue weighted by Crippen LogP contribution is -2.30. The van der Waals surface area contributed by atoms with Crippen LogP contribution in [0.4, 0.5) is 0 Å². The quantitative estimate of drug-likeness (QED) is 0.549. The molecule has 2 fully saturated rings. The molecular formula is C26H35ClN2O3. The van der Waals surface area contributed by atoms with E-state index >= 15 is 0 Å². The van der Waals surface area contributed by atoms with Gasteiger partial charge in [-0.1, -0.05) is 50.4 Å². The molecule has 0 atom stereocenters. The number of aromatic carboxylic acids is 1. The van der Waals surface area contributed by atoms with Crippen LogP contribution in [0.2, 0.25) is 5.02 Å². The van der Waals surface area contributed by atoms with Crippen LogP contribution in [-0.4, -0.2) is 33.6 Å². The number of halogens is 1. The molecule has 2 aromatic rings. The van der Waals surface area contributed by atoms with Gasteiger partial charge in [0.05, 0.1) is 5.56 Å². The Balaban J connectivity index is 0.000000668. The van der Waals surface area contributed by atoms with Crippen molar-refractivity contribution in [3.8, 4) is 0 Å². The summed E-state index contributed by atoms with van der Waals surface area (Å²) in [5.41, 5.74) is 3.51. The van der Waals surface area contributed by atoms with Gasteiger partial charge in [-0.2, -0.15) is 0 Å². The maximum atomic E-state index is 12.9. The third-order valence-electron chi connectivity index (χ3n) is 6.30. The minimum atomic E-state index is -0.931. The fraction of sp³-hybridized carbons (Fsp3) is 0.538. The fourth-order valence-electron chi connectivity index (χ4n) is 4.06. The minimum absolute atomic E-state index is 0.123. The highest BCUT2D eigenvalue weighted by molar-refractivity contribution is 6.30. The summed E-state index contributed by atoms with van der Waals surface area (Å²) in [5.74, 6) is -0.406. The van der Waals surface area contributed by atoms with E-state index in [1.165, 1.54) is 31.2 Å². The Morgan fingerprint density at radius 3 is 2.25 bits per heavy atom. The van der Waals surface area contributed by atoms with Crippen molar-refractivity contribution in [1.82, 2.24) is 9.47 Å². The van der Waals surface area contributed by atoms with E-state index in [0.717, 1.165) is 43.7 Å². The van der Waals surface area contributed by atoms with Crippen molar-refractivity contribution in [3.63, 3.8) is 0 Å². The average molecular weight is 459 g/mol. The highest BCUT2D eigenvalue weighted by Crippen LogP contribution is 2.42. The van der Waals surface area contributed by atoms with Crippen molar-refractivity contribution >= 4 is 17.6 Å². The number of carbonyl (C=O) groups is 1. The predicted molar refractivity (Wildman–Crippen MR) is 130 cm³/mol. The monoisotopic (exact) mass is 458 g/mol. The lowest BCUT2D eigenvalue weighted by atomic mass is 10.1. The zero-order valence-corrected chi connectivity index (χ0v) is 20.0. The van der Waals surface area contributed by atoms with E-state index in [-0.39, 0.29) is 11.1 Å². The van der Waals surface area contributed by atoms with Gasteiger partial charge in [0.2, 0.25) is 0 Å². The number of pyridine rings is 1. The van der Waals surface area contributed by atoms with Crippen LogP contribution in [0.3, 0.4) is 0 Å². The summed E-state index contributed by atoms with van der Waals surface area (Å²) in [6.45, 7) is 7.88. The molecule has 6 heteroatoms. The summed E-state index contributed by atoms with van der Waals surface area (Å²) >= 11 is 6.30. The van der Waals surface area contributed by atoms with Crippen LogP contribution in [0.25, 0.3) is 0 Å². The summed E-state index contributed by atoms with van der Waals surface area (Å²) in [5, 5.41) is 9.35. The SMILES string of the molecule is CCCC.O=C(O)c1ccc(CCn2c(CN3CCCC3)c(C3CC3)cc(Cl)c2=O)cc1. The van der Waals surface area contributed by atoms with Crippen LogP contribution >= 0.6 is 11.6 Å². The van der Waals surface area contributed by atoms with Gasteiger partial charge in [-0.25, -0.2) is 4.79 Å². The first-order chi connectivity index (χ1) is 15.4. The normalized spacial score (nSPS) is 16.0. The van der Waals surface area contributed by atoms with Gasteiger partial charge in [-0.05, 0) is 80.4 Å². The van der Waals surface area contributed by atoms with Crippen LogP contribution in [0.1, 0.15) is 85.5 Å². The number of benzene rings is 1. The van der Waals surface area contributed by atoms with Crippen molar-refractivity contribution in [2.75, 3.05) is 13.1 Å². The minimum Gasteiger partial charge on any atom is -0.478 e. The Labute approximate surface area is 196 Å². The molecule has 1 N–H and O–H groups in total. The number of unbranched alkanes of at least 4 members (excludes halogenated alkanes) is 1. The molecule has 174 valence electrons. The molecule has 2 heterocycles. The molecule has 1 aliphatic carbocycles. The first-order valence-corrected chi connectivity index (χ1v) is 12.3. The zero-order chi connectivity index (χ0) is 23.1. The van der Waals surface area contributed by atoms with Gasteiger partial charge < -0.3 is 9.67 Å². The van der Waals surface area contributed by atoms with Crippen molar-refractivity contribution in [2.45, 2.75) is 77.8 Å². The second-order valence-electron chi connectivity index (χ2n) is 8.86. The molecule has 0 unspecified atom stereocenters. The number of aromatic nitrogens is 1. The third kappa shape index (κ3) is 6.46. The first-order valence-electron chi connectivity index (χ1n) is 11.9. The Bertz CT molecular complexity index is 956.